The SMILES string of the molecule is Cc1cncc(NCC2(c3ccccc3Cl)CCOCC2)n1. The zero-order valence-corrected chi connectivity index (χ0v) is 13.4. The van der Waals surface area contributed by atoms with Gasteiger partial charge in [-0.05, 0) is 31.4 Å². The molecule has 0 atom stereocenters. The second kappa shape index (κ2) is 6.63. The molecule has 5 heteroatoms. The standard InChI is InChI=1S/C17H20ClN3O/c1-13-10-19-11-16(21-13)20-12-17(6-8-22-9-7-17)14-4-2-3-5-15(14)18/h2-5,10-11H,6-9,12H2,1H3,(H,20,21). The summed E-state index contributed by atoms with van der Waals surface area (Å²) in [5.41, 5.74) is 2.07. The first-order chi connectivity index (χ1) is 10.7. The van der Waals surface area contributed by atoms with E-state index in [1.165, 1.54) is 5.56 Å². The van der Waals surface area contributed by atoms with Gasteiger partial charge in [-0.15, -0.1) is 0 Å². The van der Waals surface area contributed by atoms with Crippen LogP contribution in [0.2, 0.25) is 5.02 Å². The van der Waals surface area contributed by atoms with Gasteiger partial charge in [0.05, 0.1) is 11.9 Å². The number of halogens is 1. The third kappa shape index (κ3) is 3.23. The number of aryl methyl sites for hydroxylation is 1. The smallest absolute Gasteiger partial charge is 0.144 e. The van der Waals surface area contributed by atoms with Gasteiger partial charge in [0.25, 0.3) is 0 Å². The van der Waals surface area contributed by atoms with E-state index >= 15 is 0 Å². The van der Waals surface area contributed by atoms with Gasteiger partial charge in [0, 0.05) is 36.4 Å². The molecular weight excluding hydrogens is 298 g/mol. The van der Waals surface area contributed by atoms with Crippen molar-refractivity contribution in [3.8, 4) is 0 Å². The lowest BCUT2D eigenvalue weighted by Gasteiger charge is -2.38. The molecule has 1 saturated heterocycles. The highest BCUT2D eigenvalue weighted by Gasteiger charge is 2.35. The number of nitrogens with zero attached hydrogens (tertiary/aromatic N) is 2. The molecule has 2 aromatic rings. The molecule has 0 radical (unpaired) electrons. The van der Waals surface area contributed by atoms with Crippen LogP contribution in [0.5, 0.6) is 0 Å². The number of ether oxygens (including phenoxy) is 1. The lowest BCUT2D eigenvalue weighted by Crippen LogP contribution is -2.40. The first-order valence-electron chi connectivity index (χ1n) is 7.55. The molecule has 22 heavy (non-hydrogen) atoms. The van der Waals surface area contributed by atoms with Crippen LogP contribution >= 0.6 is 11.6 Å². The summed E-state index contributed by atoms with van der Waals surface area (Å²) >= 11 is 6.46. The number of aromatic nitrogens is 2. The zero-order valence-electron chi connectivity index (χ0n) is 12.7. The third-order valence-corrected chi connectivity index (χ3v) is 4.59. The summed E-state index contributed by atoms with van der Waals surface area (Å²) in [6.45, 7) is 4.23. The van der Waals surface area contributed by atoms with E-state index in [0.717, 1.165) is 49.1 Å². The summed E-state index contributed by atoms with van der Waals surface area (Å²) in [4.78, 5) is 8.65. The summed E-state index contributed by atoms with van der Waals surface area (Å²) in [6.07, 6.45) is 5.40. The number of hydrogen-bond donors (Lipinski definition) is 1. The summed E-state index contributed by atoms with van der Waals surface area (Å²) < 4.78 is 5.56. The van der Waals surface area contributed by atoms with Crippen molar-refractivity contribution in [1.29, 1.82) is 0 Å². The van der Waals surface area contributed by atoms with Crippen molar-refractivity contribution in [2.24, 2.45) is 0 Å². The average Bonchev–Trinajstić information content (AvgIpc) is 2.54. The van der Waals surface area contributed by atoms with E-state index in [0.29, 0.717) is 0 Å². The number of anilines is 1. The predicted octanol–water partition coefficient (Wildman–Crippen LogP) is 3.60. The number of hydrogen-bond acceptors (Lipinski definition) is 4. The van der Waals surface area contributed by atoms with Crippen LogP contribution in [-0.2, 0) is 10.2 Å². The zero-order chi connectivity index (χ0) is 15.4. The maximum Gasteiger partial charge on any atom is 0.144 e. The van der Waals surface area contributed by atoms with Crippen molar-refractivity contribution in [1.82, 2.24) is 9.97 Å². The van der Waals surface area contributed by atoms with Gasteiger partial charge in [-0.2, -0.15) is 0 Å². The minimum absolute atomic E-state index is 0.0258. The fourth-order valence-electron chi connectivity index (χ4n) is 3.00. The molecule has 0 amide bonds. The van der Waals surface area contributed by atoms with E-state index in [2.05, 4.69) is 21.4 Å². The van der Waals surface area contributed by atoms with E-state index in [4.69, 9.17) is 16.3 Å². The molecule has 0 saturated carbocycles. The number of benzene rings is 1. The first kappa shape index (κ1) is 15.3. The monoisotopic (exact) mass is 317 g/mol. The first-order valence-corrected chi connectivity index (χ1v) is 7.93. The minimum Gasteiger partial charge on any atom is -0.381 e. The molecule has 0 spiro atoms. The van der Waals surface area contributed by atoms with Gasteiger partial charge in [-0.1, -0.05) is 29.8 Å². The largest absolute Gasteiger partial charge is 0.381 e. The second-order valence-electron chi connectivity index (χ2n) is 5.77. The second-order valence-corrected chi connectivity index (χ2v) is 6.18. The van der Waals surface area contributed by atoms with Crippen molar-refractivity contribution in [2.75, 3.05) is 25.1 Å². The summed E-state index contributed by atoms with van der Waals surface area (Å²) in [7, 11) is 0. The predicted molar refractivity (Wildman–Crippen MR) is 88.4 cm³/mol. The highest BCUT2D eigenvalue weighted by molar-refractivity contribution is 6.31. The molecule has 1 aromatic heterocycles. The van der Waals surface area contributed by atoms with Crippen molar-refractivity contribution < 1.29 is 4.74 Å². The topological polar surface area (TPSA) is 47.0 Å². The Morgan fingerprint density at radius 3 is 2.73 bits per heavy atom. The number of nitrogens with one attached hydrogen (secondary N) is 1. The Labute approximate surface area is 135 Å². The Morgan fingerprint density at radius 1 is 1.23 bits per heavy atom. The fraction of sp³-hybridized carbons (Fsp3) is 0.412. The molecule has 1 N–H and O–H groups in total. The van der Waals surface area contributed by atoms with E-state index in [1.54, 1.807) is 12.4 Å². The lowest BCUT2D eigenvalue weighted by atomic mass is 9.74. The van der Waals surface area contributed by atoms with Crippen LogP contribution in [-0.4, -0.2) is 29.7 Å². The Kier molecular flexibility index (Phi) is 4.60. The van der Waals surface area contributed by atoms with Crippen LogP contribution in [0.25, 0.3) is 0 Å². The molecule has 0 bridgehead atoms. The van der Waals surface area contributed by atoms with Crippen LogP contribution < -0.4 is 5.32 Å². The van der Waals surface area contributed by atoms with Crippen molar-refractivity contribution in [3.05, 3.63) is 52.9 Å². The lowest BCUT2D eigenvalue weighted by molar-refractivity contribution is 0.0544. The quantitative estimate of drug-likeness (QED) is 0.936. The normalized spacial score (nSPS) is 17.2. The third-order valence-electron chi connectivity index (χ3n) is 4.26. The molecule has 1 aliphatic heterocycles. The van der Waals surface area contributed by atoms with Gasteiger partial charge >= 0.3 is 0 Å². The Bertz CT molecular complexity index is 641. The molecule has 4 nitrogen and oxygen atoms in total. The van der Waals surface area contributed by atoms with E-state index < -0.39 is 0 Å². The van der Waals surface area contributed by atoms with Gasteiger partial charge in [-0.3, -0.25) is 4.98 Å². The Hall–Kier alpha value is -1.65. The Morgan fingerprint density at radius 2 is 2.00 bits per heavy atom. The van der Waals surface area contributed by atoms with Gasteiger partial charge in [-0.25, -0.2) is 4.98 Å². The molecular formula is C17H20ClN3O. The number of rotatable bonds is 4. The van der Waals surface area contributed by atoms with Gasteiger partial charge < -0.3 is 10.1 Å². The van der Waals surface area contributed by atoms with Gasteiger partial charge in [0.2, 0.25) is 0 Å². The molecule has 0 aliphatic carbocycles. The van der Waals surface area contributed by atoms with Gasteiger partial charge in [0.15, 0.2) is 0 Å². The summed E-state index contributed by atoms with van der Waals surface area (Å²) in [6, 6.07) is 8.10. The van der Waals surface area contributed by atoms with Crippen LogP contribution in [0.3, 0.4) is 0 Å². The molecule has 1 fully saturated rings. The maximum atomic E-state index is 6.46. The summed E-state index contributed by atoms with van der Waals surface area (Å²) in [5, 5.41) is 4.25. The van der Waals surface area contributed by atoms with Gasteiger partial charge in [0.1, 0.15) is 5.82 Å². The highest BCUT2D eigenvalue weighted by Crippen LogP contribution is 2.38. The van der Waals surface area contributed by atoms with Crippen LogP contribution in [0.4, 0.5) is 5.82 Å². The molecule has 116 valence electrons. The highest BCUT2D eigenvalue weighted by atomic mass is 35.5. The van der Waals surface area contributed by atoms with E-state index in [1.807, 2.05) is 25.1 Å². The van der Waals surface area contributed by atoms with Crippen molar-refractivity contribution in [3.63, 3.8) is 0 Å². The molecule has 3 rings (SSSR count). The van der Waals surface area contributed by atoms with Crippen LogP contribution in [0.1, 0.15) is 24.1 Å². The summed E-state index contributed by atoms with van der Waals surface area (Å²) in [5.74, 6) is 0.804. The molecule has 0 unspecified atom stereocenters. The Balaban J connectivity index is 1.85. The average molecular weight is 318 g/mol. The van der Waals surface area contributed by atoms with Crippen LogP contribution in [0, 0.1) is 6.92 Å². The molecule has 1 aromatic carbocycles. The molecule has 1 aliphatic rings. The van der Waals surface area contributed by atoms with Crippen LogP contribution in [0.15, 0.2) is 36.7 Å². The van der Waals surface area contributed by atoms with Crippen molar-refractivity contribution in [2.45, 2.75) is 25.2 Å². The van der Waals surface area contributed by atoms with E-state index in [-0.39, 0.29) is 5.41 Å². The minimum atomic E-state index is -0.0258. The molecule has 2 heterocycles. The van der Waals surface area contributed by atoms with Crippen molar-refractivity contribution >= 4 is 17.4 Å². The maximum absolute atomic E-state index is 6.46. The fourth-order valence-corrected chi connectivity index (χ4v) is 3.34. The van der Waals surface area contributed by atoms with E-state index in [9.17, 15) is 0 Å².